The number of hydrogen-bond acceptors (Lipinski definition) is 2. The van der Waals surface area contributed by atoms with E-state index in [0.29, 0.717) is 12.1 Å². The van der Waals surface area contributed by atoms with E-state index in [4.69, 9.17) is 4.99 Å². The zero-order valence-corrected chi connectivity index (χ0v) is 16.7. The second-order valence-electron chi connectivity index (χ2n) is 7.49. The van der Waals surface area contributed by atoms with Crippen LogP contribution in [-0.4, -0.2) is 49.1 Å². The molecule has 1 fully saturated rings. The maximum absolute atomic E-state index is 4.80. The zero-order chi connectivity index (χ0) is 18.2. The molecular weight excluding hydrogens is 308 g/mol. The fourth-order valence-electron chi connectivity index (χ4n) is 3.49. The minimum Gasteiger partial charge on any atom is -0.357 e. The lowest BCUT2D eigenvalue weighted by atomic mass is 10.0. The predicted octanol–water partition coefficient (Wildman–Crippen LogP) is 3.27. The van der Waals surface area contributed by atoms with Gasteiger partial charge >= 0.3 is 0 Å². The van der Waals surface area contributed by atoms with Gasteiger partial charge in [-0.1, -0.05) is 23.8 Å². The summed E-state index contributed by atoms with van der Waals surface area (Å²) in [7, 11) is 0. The van der Waals surface area contributed by atoms with Gasteiger partial charge < -0.3 is 15.5 Å². The summed E-state index contributed by atoms with van der Waals surface area (Å²) in [4.78, 5) is 7.36. The van der Waals surface area contributed by atoms with Crippen molar-refractivity contribution in [2.45, 2.75) is 66.0 Å². The third-order valence-corrected chi connectivity index (χ3v) is 5.09. The molecule has 0 spiro atoms. The second kappa shape index (κ2) is 9.81. The number of aliphatic imine (C=N–C) groups is 1. The van der Waals surface area contributed by atoms with Gasteiger partial charge in [0.15, 0.2) is 5.96 Å². The molecule has 2 N–H and O–H groups in total. The van der Waals surface area contributed by atoms with Crippen LogP contribution in [0, 0.1) is 13.8 Å². The first-order chi connectivity index (χ1) is 12.0. The molecule has 0 bridgehead atoms. The van der Waals surface area contributed by atoms with Gasteiger partial charge in [0.1, 0.15) is 0 Å². The van der Waals surface area contributed by atoms with Crippen molar-refractivity contribution in [1.82, 2.24) is 15.5 Å². The number of nitrogens with zero attached hydrogens (tertiary/aromatic N) is 2. The molecule has 140 valence electrons. The Morgan fingerprint density at radius 3 is 2.56 bits per heavy atom. The van der Waals surface area contributed by atoms with Crippen molar-refractivity contribution in [3.63, 3.8) is 0 Å². The summed E-state index contributed by atoms with van der Waals surface area (Å²) >= 11 is 0. The zero-order valence-electron chi connectivity index (χ0n) is 16.7. The Kier molecular flexibility index (Phi) is 7.76. The lowest BCUT2D eigenvalue weighted by Gasteiger charge is -2.35. The molecule has 0 aliphatic carbocycles. The Labute approximate surface area is 154 Å². The van der Waals surface area contributed by atoms with Crippen LogP contribution in [0.15, 0.2) is 23.2 Å². The number of benzene rings is 1. The molecule has 1 heterocycles. The summed E-state index contributed by atoms with van der Waals surface area (Å²) in [6, 6.07) is 7.88. The van der Waals surface area contributed by atoms with Crippen LogP contribution in [0.3, 0.4) is 0 Å². The fraction of sp³-hybridized carbons (Fsp3) is 0.667. The van der Waals surface area contributed by atoms with Gasteiger partial charge in [-0.25, -0.2) is 0 Å². The Morgan fingerprint density at radius 2 is 1.96 bits per heavy atom. The van der Waals surface area contributed by atoms with E-state index in [1.54, 1.807) is 0 Å². The molecule has 1 aliphatic heterocycles. The van der Waals surface area contributed by atoms with Crippen molar-refractivity contribution in [2.24, 2.45) is 4.99 Å². The van der Waals surface area contributed by atoms with Gasteiger partial charge in [-0.15, -0.1) is 0 Å². The van der Waals surface area contributed by atoms with E-state index < -0.39 is 0 Å². The Morgan fingerprint density at radius 1 is 1.24 bits per heavy atom. The SMILES string of the molecule is CCNC(=NCCc1ccc(C)cc1C)NC1CCN(C(C)C)CC1. The smallest absolute Gasteiger partial charge is 0.191 e. The number of hydrogen-bond donors (Lipinski definition) is 2. The largest absolute Gasteiger partial charge is 0.357 e. The van der Waals surface area contributed by atoms with Gasteiger partial charge in [0.2, 0.25) is 0 Å². The first-order valence-corrected chi connectivity index (χ1v) is 9.84. The minimum atomic E-state index is 0.536. The van der Waals surface area contributed by atoms with Crippen molar-refractivity contribution < 1.29 is 0 Å². The molecular formula is C21H36N4. The van der Waals surface area contributed by atoms with Crippen LogP contribution in [0.2, 0.25) is 0 Å². The molecule has 1 aromatic rings. The monoisotopic (exact) mass is 344 g/mol. The second-order valence-corrected chi connectivity index (χ2v) is 7.49. The summed E-state index contributed by atoms with van der Waals surface area (Å²) in [5.74, 6) is 0.968. The maximum atomic E-state index is 4.80. The molecule has 0 aromatic heterocycles. The van der Waals surface area contributed by atoms with Gasteiger partial charge in [-0.05, 0) is 65.0 Å². The summed E-state index contributed by atoms with van der Waals surface area (Å²) in [5.41, 5.74) is 4.09. The maximum Gasteiger partial charge on any atom is 0.191 e. The Hall–Kier alpha value is -1.55. The summed E-state index contributed by atoms with van der Waals surface area (Å²) in [6.07, 6.45) is 3.38. The van der Waals surface area contributed by atoms with Crippen molar-refractivity contribution in [1.29, 1.82) is 0 Å². The highest BCUT2D eigenvalue weighted by molar-refractivity contribution is 5.80. The number of aryl methyl sites for hydroxylation is 2. The van der Waals surface area contributed by atoms with Gasteiger partial charge in [-0.2, -0.15) is 0 Å². The molecule has 1 aromatic carbocycles. The van der Waals surface area contributed by atoms with Gasteiger partial charge in [0.25, 0.3) is 0 Å². The van der Waals surface area contributed by atoms with Crippen LogP contribution >= 0.6 is 0 Å². The predicted molar refractivity (Wildman–Crippen MR) is 108 cm³/mol. The summed E-state index contributed by atoms with van der Waals surface area (Å²) in [5, 5.41) is 7.04. The third kappa shape index (κ3) is 6.35. The molecule has 0 saturated carbocycles. The van der Waals surface area contributed by atoms with Crippen LogP contribution in [0.4, 0.5) is 0 Å². The van der Waals surface area contributed by atoms with Crippen molar-refractivity contribution in [3.8, 4) is 0 Å². The molecule has 1 saturated heterocycles. The molecule has 25 heavy (non-hydrogen) atoms. The molecule has 0 unspecified atom stereocenters. The molecule has 0 atom stereocenters. The van der Waals surface area contributed by atoms with E-state index in [1.165, 1.54) is 42.6 Å². The van der Waals surface area contributed by atoms with Crippen LogP contribution in [0.5, 0.6) is 0 Å². The van der Waals surface area contributed by atoms with E-state index in [-0.39, 0.29) is 0 Å². The van der Waals surface area contributed by atoms with E-state index in [9.17, 15) is 0 Å². The number of nitrogens with one attached hydrogen (secondary N) is 2. The van der Waals surface area contributed by atoms with Crippen LogP contribution in [-0.2, 0) is 6.42 Å². The fourth-order valence-corrected chi connectivity index (χ4v) is 3.49. The number of likely N-dealkylation sites (tertiary alicyclic amines) is 1. The highest BCUT2D eigenvalue weighted by atomic mass is 15.2. The minimum absolute atomic E-state index is 0.536. The normalized spacial score (nSPS) is 17.1. The Balaban J connectivity index is 1.86. The van der Waals surface area contributed by atoms with E-state index in [2.05, 4.69) is 68.4 Å². The van der Waals surface area contributed by atoms with Crippen LogP contribution in [0.1, 0.15) is 50.3 Å². The van der Waals surface area contributed by atoms with Crippen molar-refractivity contribution in [2.75, 3.05) is 26.2 Å². The number of piperidine rings is 1. The molecule has 2 rings (SSSR count). The van der Waals surface area contributed by atoms with Gasteiger partial charge in [-0.3, -0.25) is 4.99 Å². The number of rotatable bonds is 6. The van der Waals surface area contributed by atoms with Gasteiger partial charge in [0.05, 0.1) is 0 Å². The topological polar surface area (TPSA) is 39.7 Å². The Bertz CT molecular complexity index is 557. The summed E-state index contributed by atoms with van der Waals surface area (Å²) < 4.78 is 0. The summed E-state index contributed by atoms with van der Waals surface area (Å²) in [6.45, 7) is 15.1. The number of guanidine groups is 1. The van der Waals surface area contributed by atoms with Crippen LogP contribution in [0.25, 0.3) is 0 Å². The lowest BCUT2D eigenvalue weighted by Crippen LogP contribution is -2.49. The molecule has 4 heteroatoms. The van der Waals surface area contributed by atoms with E-state index in [0.717, 1.165) is 25.5 Å². The van der Waals surface area contributed by atoms with E-state index in [1.807, 2.05) is 0 Å². The molecule has 4 nitrogen and oxygen atoms in total. The average Bonchev–Trinajstić information content (AvgIpc) is 2.57. The molecule has 1 aliphatic rings. The van der Waals surface area contributed by atoms with Crippen molar-refractivity contribution in [3.05, 3.63) is 34.9 Å². The first-order valence-electron chi connectivity index (χ1n) is 9.84. The molecule has 0 radical (unpaired) electrons. The van der Waals surface area contributed by atoms with Gasteiger partial charge in [0, 0.05) is 38.3 Å². The first kappa shape index (κ1) is 19.8. The quantitative estimate of drug-likeness (QED) is 0.614. The van der Waals surface area contributed by atoms with Crippen molar-refractivity contribution >= 4 is 5.96 Å². The van der Waals surface area contributed by atoms with Crippen LogP contribution < -0.4 is 10.6 Å². The highest BCUT2D eigenvalue weighted by Gasteiger charge is 2.21. The lowest BCUT2D eigenvalue weighted by molar-refractivity contribution is 0.167. The third-order valence-electron chi connectivity index (χ3n) is 5.09. The average molecular weight is 345 g/mol. The highest BCUT2D eigenvalue weighted by Crippen LogP contribution is 2.13. The van der Waals surface area contributed by atoms with E-state index >= 15 is 0 Å². The standard InChI is InChI=1S/C21H36N4/c1-6-22-21(24-20-10-13-25(14-11-20)16(2)3)23-12-9-19-8-7-17(4)15-18(19)5/h7-8,15-16,20H,6,9-14H2,1-5H3,(H2,22,23,24). The molecule has 0 amide bonds.